The van der Waals surface area contributed by atoms with E-state index >= 15 is 0 Å². The molecule has 2 fully saturated rings. The SMILES string of the molecule is C=C[C@@]1(C)O[C@H]2C(=O)N(Cc3ccccc3)[C@H]2[C@@H]1O[Si](C)(C)C(C)(C)C. The van der Waals surface area contributed by atoms with E-state index in [1.807, 2.05) is 42.2 Å². The van der Waals surface area contributed by atoms with Crippen LogP contribution in [0.25, 0.3) is 0 Å². The van der Waals surface area contributed by atoms with Gasteiger partial charge in [-0.25, -0.2) is 0 Å². The first kappa shape index (κ1) is 19.3. The normalized spacial score (nSPS) is 31.5. The minimum atomic E-state index is -2.02. The van der Waals surface area contributed by atoms with E-state index in [4.69, 9.17) is 9.16 Å². The van der Waals surface area contributed by atoms with Gasteiger partial charge in [-0.05, 0) is 30.6 Å². The molecule has 0 bridgehead atoms. The number of amides is 1. The molecule has 0 unspecified atom stereocenters. The van der Waals surface area contributed by atoms with Crippen LogP contribution in [-0.4, -0.2) is 43.0 Å². The summed E-state index contributed by atoms with van der Waals surface area (Å²) in [6.45, 7) is 17.7. The van der Waals surface area contributed by atoms with Crippen molar-refractivity contribution in [2.75, 3.05) is 0 Å². The molecule has 1 amide bonds. The number of nitrogens with zero attached hydrogens (tertiary/aromatic N) is 1. The molecular weight excluding hydrogens is 342 g/mol. The van der Waals surface area contributed by atoms with Gasteiger partial charge in [-0.3, -0.25) is 4.79 Å². The summed E-state index contributed by atoms with van der Waals surface area (Å²) in [7, 11) is -2.02. The number of carbonyl (C=O) groups is 1. The van der Waals surface area contributed by atoms with Crippen LogP contribution in [0.4, 0.5) is 0 Å². The van der Waals surface area contributed by atoms with Crippen LogP contribution in [0.5, 0.6) is 0 Å². The molecule has 0 N–H and O–H groups in total. The highest BCUT2D eigenvalue weighted by atomic mass is 28.4. The molecule has 5 heteroatoms. The van der Waals surface area contributed by atoms with Crippen LogP contribution in [0.15, 0.2) is 43.0 Å². The van der Waals surface area contributed by atoms with Crippen molar-refractivity contribution in [1.29, 1.82) is 0 Å². The van der Waals surface area contributed by atoms with Crippen LogP contribution in [0.2, 0.25) is 18.1 Å². The minimum absolute atomic E-state index is 0.0493. The summed E-state index contributed by atoms with van der Waals surface area (Å²) in [5.41, 5.74) is 0.476. The summed E-state index contributed by atoms with van der Waals surface area (Å²) in [4.78, 5) is 14.6. The lowest BCUT2D eigenvalue weighted by molar-refractivity contribution is -0.167. The summed E-state index contributed by atoms with van der Waals surface area (Å²) in [6, 6.07) is 10.0. The van der Waals surface area contributed by atoms with Crippen molar-refractivity contribution in [2.45, 2.75) is 76.2 Å². The van der Waals surface area contributed by atoms with E-state index in [0.29, 0.717) is 6.54 Å². The standard InChI is InChI=1S/C21H31NO3Si/c1-8-21(5)18(25-26(6,7)20(2,3)4)16-17(24-21)19(23)22(16)14-15-12-10-9-11-13-15/h8-13,16-18H,1,14H2,2-7H3/t16-,17-,18+,21-/m1/s1. The zero-order valence-corrected chi connectivity index (χ0v) is 17.8. The monoisotopic (exact) mass is 373 g/mol. The van der Waals surface area contributed by atoms with E-state index in [1.165, 1.54) is 0 Å². The highest BCUT2D eigenvalue weighted by Crippen LogP contribution is 2.47. The van der Waals surface area contributed by atoms with Crippen LogP contribution in [0.1, 0.15) is 33.3 Å². The molecule has 2 aliphatic rings. The molecule has 2 heterocycles. The summed E-state index contributed by atoms with van der Waals surface area (Å²) >= 11 is 0. The molecule has 3 rings (SSSR count). The Kier molecular flexibility index (Phi) is 4.70. The van der Waals surface area contributed by atoms with E-state index in [-0.39, 0.29) is 23.1 Å². The number of rotatable bonds is 5. The van der Waals surface area contributed by atoms with Gasteiger partial charge in [-0.15, -0.1) is 6.58 Å². The van der Waals surface area contributed by atoms with Gasteiger partial charge in [-0.2, -0.15) is 0 Å². The number of fused-ring (bicyclic) bond motifs is 1. The average molecular weight is 374 g/mol. The molecule has 26 heavy (non-hydrogen) atoms. The first-order chi connectivity index (χ1) is 12.0. The molecule has 1 aromatic carbocycles. The Morgan fingerprint density at radius 3 is 2.46 bits per heavy atom. The first-order valence-corrected chi connectivity index (χ1v) is 12.2. The van der Waals surface area contributed by atoms with Gasteiger partial charge in [0, 0.05) is 6.54 Å². The van der Waals surface area contributed by atoms with Crippen LogP contribution >= 0.6 is 0 Å². The Labute approximate surface area is 158 Å². The Morgan fingerprint density at radius 1 is 1.31 bits per heavy atom. The summed E-state index contributed by atoms with van der Waals surface area (Å²) in [5.74, 6) is 0.0493. The highest BCUT2D eigenvalue weighted by molar-refractivity contribution is 6.74. The molecule has 1 aromatic rings. The van der Waals surface area contributed by atoms with Gasteiger partial charge in [0.25, 0.3) is 5.91 Å². The largest absolute Gasteiger partial charge is 0.408 e. The number of hydrogen-bond acceptors (Lipinski definition) is 3. The second-order valence-corrected chi connectivity index (χ2v) is 13.9. The zero-order chi connectivity index (χ0) is 19.3. The number of carbonyl (C=O) groups excluding carboxylic acids is 1. The fraction of sp³-hybridized carbons (Fsp3) is 0.571. The number of hydrogen-bond donors (Lipinski definition) is 0. The van der Waals surface area contributed by atoms with Crippen LogP contribution < -0.4 is 0 Å². The van der Waals surface area contributed by atoms with Crippen molar-refractivity contribution in [1.82, 2.24) is 4.90 Å². The quantitative estimate of drug-likeness (QED) is 0.442. The van der Waals surface area contributed by atoms with Crippen molar-refractivity contribution >= 4 is 14.2 Å². The van der Waals surface area contributed by atoms with Crippen molar-refractivity contribution in [3.05, 3.63) is 48.6 Å². The summed E-state index contributed by atoms with van der Waals surface area (Å²) in [5, 5.41) is 0.0885. The van der Waals surface area contributed by atoms with Gasteiger partial charge in [0.15, 0.2) is 14.4 Å². The maximum Gasteiger partial charge on any atom is 0.254 e. The second kappa shape index (κ2) is 6.32. The number of β-lactam (4-membered cyclic amide) rings is 1. The molecular formula is C21H31NO3Si. The van der Waals surface area contributed by atoms with Crippen molar-refractivity contribution in [3.63, 3.8) is 0 Å². The topological polar surface area (TPSA) is 38.8 Å². The van der Waals surface area contributed by atoms with Crippen molar-refractivity contribution < 1.29 is 14.0 Å². The molecule has 2 saturated heterocycles. The average Bonchev–Trinajstić information content (AvgIpc) is 2.83. The molecule has 4 nitrogen and oxygen atoms in total. The van der Waals surface area contributed by atoms with E-state index < -0.39 is 20.0 Å². The summed E-state index contributed by atoms with van der Waals surface area (Å²) < 4.78 is 12.9. The zero-order valence-electron chi connectivity index (χ0n) is 16.8. The Bertz CT molecular complexity index is 697. The van der Waals surface area contributed by atoms with Crippen LogP contribution in [-0.2, 0) is 20.5 Å². The number of ether oxygens (including phenoxy) is 1. The fourth-order valence-corrected chi connectivity index (χ4v) is 4.83. The molecule has 0 aliphatic carbocycles. The smallest absolute Gasteiger partial charge is 0.254 e. The van der Waals surface area contributed by atoms with E-state index in [1.54, 1.807) is 6.08 Å². The predicted molar refractivity (Wildman–Crippen MR) is 106 cm³/mol. The third-order valence-electron chi connectivity index (χ3n) is 6.28. The van der Waals surface area contributed by atoms with Crippen molar-refractivity contribution in [3.8, 4) is 0 Å². The van der Waals surface area contributed by atoms with E-state index in [9.17, 15) is 4.79 Å². The van der Waals surface area contributed by atoms with Gasteiger partial charge in [0.2, 0.25) is 0 Å². The molecule has 0 spiro atoms. The first-order valence-electron chi connectivity index (χ1n) is 9.34. The molecule has 4 atom stereocenters. The summed E-state index contributed by atoms with van der Waals surface area (Å²) in [6.07, 6.45) is 1.20. The van der Waals surface area contributed by atoms with Crippen molar-refractivity contribution in [2.24, 2.45) is 0 Å². The van der Waals surface area contributed by atoms with Gasteiger partial charge in [-0.1, -0.05) is 57.2 Å². The third-order valence-corrected chi connectivity index (χ3v) is 10.7. The van der Waals surface area contributed by atoms with Crippen LogP contribution in [0.3, 0.4) is 0 Å². The maximum absolute atomic E-state index is 12.7. The predicted octanol–water partition coefficient (Wildman–Crippen LogP) is 4.13. The van der Waals surface area contributed by atoms with Gasteiger partial charge in [0.05, 0.1) is 6.04 Å². The fourth-order valence-electron chi connectivity index (χ4n) is 3.47. The number of benzene rings is 1. The Balaban J connectivity index is 1.88. The highest BCUT2D eigenvalue weighted by Gasteiger charge is 2.65. The third kappa shape index (κ3) is 3.06. The van der Waals surface area contributed by atoms with Gasteiger partial charge in [0.1, 0.15) is 11.7 Å². The van der Waals surface area contributed by atoms with Crippen LogP contribution in [0, 0.1) is 0 Å². The molecule has 0 radical (unpaired) electrons. The Morgan fingerprint density at radius 2 is 1.92 bits per heavy atom. The lowest BCUT2D eigenvalue weighted by Crippen LogP contribution is -2.67. The molecule has 142 valence electrons. The molecule has 0 aromatic heterocycles. The lowest BCUT2D eigenvalue weighted by atomic mass is 9.88. The van der Waals surface area contributed by atoms with Gasteiger partial charge >= 0.3 is 0 Å². The van der Waals surface area contributed by atoms with E-state index in [2.05, 4.69) is 40.4 Å². The maximum atomic E-state index is 12.7. The lowest BCUT2D eigenvalue weighted by Gasteiger charge is -2.47. The number of likely N-dealkylation sites (tertiary alicyclic amines) is 1. The van der Waals surface area contributed by atoms with E-state index in [0.717, 1.165) is 5.56 Å². The minimum Gasteiger partial charge on any atom is -0.408 e. The molecule has 2 aliphatic heterocycles. The second-order valence-electron chi connectivity index (χ2n) is 9.17. The molecule has 0 saturated carbocycles. The van der Waals surface area contributed by atoms with Gasteiger partial charge < -0.3 is 14.1 Å². The Hall–Kier alpha value is -1.43.